The summed E-state index contributed by atoms with van der Waals surface area (Å²) in [7, 11) is 0. The largest absolute Gasteiger partial charge is 0.321 e. The summed E-state index contributed by atoms with van der Waals surface area (Å²) in [4.78, 5) is 22.5. The maximum absolute atomic E-state index is 11.8. The van der Waals surface area contributed by atoms with E-state index in [-0.39, 0.29) is 11.6 Å². The molecular formula is C12H10N2O3S. The highest BCUT2D eigenvalue weighted by molar-refractivity contribution is 7.12. The van der Waals surface area contributed by atoms with E-state index in [2.05, 4.69) is 5.32 Å². The summed E-state index contributed by atoms with van der Waals surface area (Å²) in [6, 6.07) is 7.86. The van der Waals surface area contributed by atoms with Crippen molar-refractivity contribution in [3.63, 3.8) is 0 Å². The Labute approximate surface area is 107 Å². The summed E-state index contributed by atoms with van der Waals surface area (Å²) in [6.07, 6.45) is 0. The molecule has 0 bridgehead atoms. The van der Waals surface area contributed by atoms with Crippen molar-refractivity contribution >= 4 is 28.6 Å². The fourth-order valence-corrected chi connectivity index (χ4v) is 2.11. The number of carbonyl (C=O) groups is 1. The highest BCUT2D eigenvalue weighted by atomic mass is 32.1. The van der Waals surface area contributed by atoms with Crippen molar-refractivity contribution < 1.29 is 9.72 Å². The number of carbonyl (C=O) groups excluding carboxylic acids is 1. The van der Waals surface area contributed by atoms with Crippen molar-refractivity contribution in [3.8, 4) is 0 Å². The summed E-state index contributed by atoms with van der Waals surface area (Å²) < 4.78 is 0. The van der Waals surface area contributed by atoms with Crippen LogP contribution < -0.4 is 5.32 Å². The molecule has 0 atom stereocenters. The van der Waals surface area contributed by atoms with Gasteiger partial charge < -0.3 is 5.32 Å². The molecule has 0 fully saturated rings. The average Bonchev–Trinajstić information content (AvgIpc) is 2.85. The summed E-state index contributed by atoms with van der Waals surface area (Å²) in [5.74, 6) is -0.207. The molecule has 1 heterocycles. The fraction of sp³-hybridized carbons (Fsp3) is 0.0833. The molecule has 18 heavy (non-hydrogen) atoms. The highest BCUT2D eigenvalue weighted by Crippen LogP contribution is 2.22. The van der Waals surface area contributed by atoms with Crippen molar-refractivity contribution in [3.05, 3.63) is 56.3 Å². The molecule has 92 valence electrons. The fourth-order valence-electron chi connectivity index (χ4n) is 1.49. The zero-order valence-corrected chi connectivity index (χ0v) is 10.4. The number of aryl methyl sites for hydroxylation is 1. The van der Waals surface area contributed by atoms with Gasteiger partial charge in [-0.1, -0.05) is 6.07 Å². The Morgan fingerprint density at radius 2 is 2.17 bits per heavy atom. The lowest BCUT2D eigenvalue weighted by atomic mass is 10.2. The van der Waals surface area contributed by atoms with Crippen LogP contribution in [-0.2, 0) is 0 Å². The van der Waals surface area contributed by atoms with Gasteiger partial charge in [0.1, 0.15) is 0 Å². The van der Waals surface area contributed by atoms with Gasteiger partial charge in [-0.3, -0.25) is 14.9 Å². The number of nitrogens with zero attached hydrogens (tertiary/aromatic N) is 1. The van der Waals surface area contributed by atoms with Crippen LogP contribution in [0.5, 0.6) is 0 Å². The van der Waals surface area contributed by atoms with Gasteiger partial charge in [0.25, 0.3) is 11.6 Å². The molecule has 5 nitrogen and oxygen atoms in total. The van der Waals surface area contributed by atoms with E-state index in [1.165, 1.54) is 23.5 Å². The first-order chi connectivity index (χ1) is 8.58. The lowest BCUT2D eigenvalue weighted by Gasteiger charge is -2.06. The van der Waals surface area contributed by atoms with Crippen molar-refractivity contribution in [2.45, 2.75) is 6.92 Å². The van der Waals surface area contributed by atoms with Gasteiger partial charge in [-0.2, -0.15) is 0 Å². The molecule has 1 aromatic heterocycles. The van der Waals surface area contributed by atoms with Crippen LogP contribution in [0.2, 0.25) is 0 Å². The lowest BCUT2D eigenvalue weighted by molar-refractivity contribution is -0.384. The first-order valence-electron chi connectivity index (χ1n) is 5.18. The molecule has 0 unspecified atom stereocenters. The van der Waals surface area contributed by atoms with Gasteiger partial charge in [-0.05, 0) is 30.0 Å². The smallest absolute Gasteiger partial charge is 0.269 e. The van der Waals surface area contributed by atoms with Crippen LogP contribution in [0.25, 0.3) is 0 Å². The van der Waals surface area contributed by atoms with Gasteiger partial charge in [0, 0.05) is 17.8 Å². The minimum absolute atomic E-state index is 0.0154. The predicted molar refractivity (Wildman–Crippen MR) is 70.1 cm³/mol. The second-order valence-corrected chi connectivity index (χ2v) is 4.64. The van der Waals surface area contributed by atoms with Crippen LogP contribution in [0, 0.1) is 17.0 Å². The molecule has 1 N–H and O–H groups in total. The first-order valence-corrected chi connectivity index (χ1v) is 6.06. The van der Waals surface area contributed by atoms with E-state index >= 15 is 0 Å². The molecule has 0 aliphatic heterocycles. The van der Waals surface area contributed by atoms with Crippen LogP contribution in [0.15, 0.2) is 35.7 Å². The molecule has 0 saturated carbocycles. The SMILES string of the molecule is Cc1cc([N+](=O)[O-])ccc1NC(=O)c1cccs1. The van der Waals surface area contributed by atoms with E-state index in [4.69, 9.17) is 0 Å². The number of rotatable bonds is 3. The molecule has 2 aromatic rings. The summed E-state index contributed by atoms with van der Waals surface area (Å²) in [6.45, 7) is 1.72. The molecular weight excluding hydrogens is 252 g/mol. The van der Waals surface area contributed by atoms with Crippen molar-refractivity contribution in [2.24, 2.45) is 0 Å². The van der Waals surface area contributed by atoms with E-state index < -0.39 is 4.92 Å². The number of non-ortho nitro benzene ring substituents is 1. The van der Waals surface area contributed by atoms with Gasteiger partial charge in [-0.25, -0.2) is 0 Å². The van der Waals surface area contributed by atoms with Gasteiger partial charge in [-0.15, -0.1) is 11.3 Å². The van der Waals surface area contributed by atoms with Gasteiger partial charge >= 0.3 is 0 Å². The topological polar surface area (TPSA) is 72.2 Å². The zero-order valence-electron chi connectivity index (χ0n) is 9.54. The number of nitro groups is 1. The number of thiophene rings is 1. The molecule has 6 heteroatoms. The average molecular weight is 262 g/mol. The predicted octanol–water partition coefficient (Wildman–Crippen LogP) is 3.22. The standard InChI is InChI=1S/C12H10N2O3S/c1-8-7-9(14(16)17)4-5-10(8)13-12(15)11-3-2-6-18-11/h2-7H,1H3,(H,13,15). The third-order valence-corrected chi connectivity index (χ3v) is 3.28. The highest BCUT2D eigenvalue weighted by Gasteiger charge is 2.11. The molecule has 0 saturated heterocycles. The molecule has 0 aliphatic rings. The Morgan fingerprint density at radius 3 is 2.72 bits per heavy atom. The molecule has 0 aliphatic carbocycles. The molecule has 0 radical (unpaired) electrons. The second kappa shape index (κ2) is 4.97. The Kier molecular flexibility index (Phi) is 3.38. The second-order valence-electron chi connectivity index (χ2n) is 3.69. The van der Waals surface area contributed by atoms with Gasteiger partial charge in [0.2, 0.25) is 0 Å². The number of amides is 1. The third-order valence-electron chi connectivity index (χ3n) is 2.41. The minimum atomic E-state index is -0.460. The Bertz CT molecular complexity index is 593. The summed E-state index contributed by atoms with van der Waals surface area (Å²) >= 11 is 1.34. The number of nitro benzene ring substituents is 1. The number of benzene rings is 1. The quantitative estimate of drug-likeness (QED) is 0.681. The van der Waals surface area contributed by atoms with Gasteiger partial charge in [0.15, 0.2) is 0 Å². The van der Waals surface area contributed by atoms with E-state index in [9.17, 15) is 14.9 Å². The molecule has 1 aromatic carbocycles. The number of hydrogen-bond donors (Lipinski definition) is 1. The maximum Gasteiger partial charge on any atom is 0.269 e. The Balaban J connectivity index is 2.20. The minimum Gasteiger partial charge on any atom is -0.321 e. The zero-order chi connectivity index (χ0) is 13.1. The van der Waals surface area contributed by atoms with Crippen molar-refractivity contribution in [2.75, 3.05) is 5.32 Å². The Hall–Kier alpha value is -2.21. The van der Waals surface area contributed by atoms with Crippen molar-refractivity contribution in [1.82, 2.24) is 0 Å². The number of anilines is 1. The first kappa shape index (κ1) is 12.3. The maximum atomic E-state index is 11.8. The molecule has 2 rings (SSSR count). The monoisotopic (exact) mass is 262 g/mol. The van der Waals surface area contributed by atoms with E-state index in [0.29, 0.717) is 16.1 Å². The normalized spacial score (nSPS) is 10.1. The van der Waals surface area contributed by atoms with Crippen LogP contribution in [0.4, 0.5) is 11.4 Å². The number of nitrogens with one attached hydrogen (secondary N) is 1. The summed E-state index contributed by atoms with van der Waals surface area (Å²) in [5, 5.41) is 15.1. The van der Waals surface area contributed by atoms with Crippen LogP contribution in [-0.4, -0.2) is 10.8 Å². The Morgan fingerprint density at radius 1 is 1.39 bits per heavy atom. The molecule has 0 spiro atoms. The van der Waals surface area contributed by atoms with Gasteiger partial charge in [0.05, 0.1) is 9.80 Å². The van der Waals surface area contributed by atoms with Crippen molar-refractivity contribution in [1.29, 1.82) is 0 Å². The van der Waals surface area contributed by atoms with E-state index in [1.807, 2.05) is 5.38 Å². The van der Waals surface area contributed by atoms with Crippen LogP contribution in [0.1, 0.15) is 15.2 Å². The lowest BCUT2D eigenvalue weighted by Crippen LogP contribution is -2.11. The molecule has 1 amide bonds. The van der Waals surface area contributed by atoms with E-state index in [1.54, 1.807) is 25.1 Å². The van der Waals surface area contributed by atoms with Crippen LogP contribution in [0.3, 0.4) is 0 Å². The third kappa shape index (κ3) is 2.54. The van der Waals surface area contributed by atoms with Crippen LogP contribution >= 0.6 is 11.3 Å². The number of hydrogen-bond acceptors (Lipinski definition) is 4. The van der Waals surface area contributed by atoms with E-state index in [0.717, 1.165) is 0 Å². The summed E-state index contributed by atoms with van der Waals surface area (Å²) in [5.41, 5.74) is 1.26.